The van der Waals surface area contributed by atoms with Crippen molar-refractivity contribution in [1.29, 1.82) is 0 Å². The Hall–Kier alpha value is -2.41. The summed E-state index contributed by atoms with van der Waals surface area (Å²) in [4.78, 5) is 22.0. The third-order valence-corrected chi connectivity index (χ3v) is 6.57. The molecule has 1 atom stereocenters. The van der Waals surface area contributed by atoms with Crippen molar-refractivity contribution < 1.29 is 9.32 Å². The highest BCUT2D eigenvalue weighted by atomic mass is 16.5. The number of nitrogens with zero attached hydrogens (tertiary/aromatic N) is 4. The third-order valence-electron chi connectivity index (χ3n) is 6.57. The van der Waals surface area contributed by atoms with Crippen LogP contribution in [0.3, 0.4) is 0 Å². The number of carbonyl (C=O) groups is 1. The highest BCUT2D eigenvalue weighted by Crippen LogP contribution is 2.26. The van der Waals surface area contributed by atoms with Gasteiger partial charge in [-0.05, 0) is 49.4 Å². The van der Waals surface area contributed by atoms with Crippen LogP contribution in [-0.2, 0) is 11.2 Å². The maximum Gasteiger partial charge on any atom is 0.266 e. The predicted molar refractivity (Wildman–Crippen MR) is 121 cm³/mol. The number of nitrogens with one attached hydrogen (secondary N) is 1. The molecule has 0 aliphatic carbocycles. The molecule has 7 nitrogen and oxygen atoms in total. The Morgan fingerprint density at radius 3 is 2.65 bits per heavy atom. The topological polar surface area (TPSA) is 74.5 Å². The van der Waals surface area contributed by atoms with E-state index < -0.39 is 0 Å². The molecule has 1 unspecified atom stereocenters. The Balaban J connectivity index is 1.22. The van der Waals surface area contributed by atoms with Crippen LogP contribution in [-0.4, -0.2) is 59.7 Å². The molecule has 1 N–H and O–H groups in total. The summed E-state index contributed by atoms with van der Waals surface area (Å²) in [6, 6.07) is 10.9. The van der Waals surface area contributed by atoms with E-state index in [1.165, 1.54) is 5.56 Å². The number of amides is 1. The standard InChI is InChI=1S/C24H35N5O2/c1-18(2)23-26-24(27-31-23)28-15-11-21(12-16-28)29-14-6-9-20(17-29)22(30)25-13-10-19-7-4-3-5-8-19/h3-5,7-8,18,20-21H,6,9-17H2,1-2H3,(H,25,30). The third kappa shape index (κ3) is 5.64. The van der Waals surface area contributed by atoms with Gasteiger partial charge in [-0.1, -0.05) is 44.2 Å². The summed E-state index contributed by atoms with van der Waals surface area (Å²) in [5, 5.41) is 7.32. The highest BCUT2D eigenvalue weighted by molar-refractivity contribution is 5.79. The quantitative estimate of drug-likeness (QED) is 0.734. The molecule has 31 heavy (non-hydrogen) atoms. The zero-order valence-electron chi connectivity index (χ0n) is 18.8. The first-order valence-electron chi connectivity index (χ1n) is 11.7. The summed E-state index contributed by atoms with van der Waals surface area (Å²) >= 11 is 0. The van der Waals surface area contributed by atoms with Gasteiger partial charge in [-0.2, -0.15) is 4.98 Å². The highest BCUT2D eigenvalue weighted by Gasteiger charge is 2.32. The van der Waals surface area contributed by atoms with E-state index in [1.54, 1.807) is 0 Å². The van der Waals surface area contributed by atoms with Gasteiger partial charge in [-0.15, -0.1) is 0 Å². The normalized spacial score (nSPS) is 20.9. The molecule has 2 fully saturated rings. The second-order valence-electron chi connectivity index (χ2n) is 9.17. The minimum Gasteiger partial charge on any atom is -0.355 e. The molecule has 1 amide bonds. The molecule has 3 heterocycles. The molecule has 0 radical (unpaired) electrons. The zero-order valence-corrected chi connectivity index (χ0v) is 18.8. The van der Waals surface area contributed by atoms with Gasteiger partial charge in [0.05, 0.1) is 5.92 Å². The SMILES string of the molecule is CC(C)c1nc(N2CCC(N3CCCC(C(=O)NCCc4ccccc4)C3)CC2)no1. The molecule has 2 aliphatic rings. The molecule has 1 aromatic heterocycles. The molecule has 168 valence electrons. The van der Waals surface area contributed by atoms with Crippen molar-refractivity contribution in [1.82, 2.24) is 20.4 Å². The van der Waals surface area contributed by atoms with Crippen LogP contribution in [0, 0.1) is 5.92 Å². The van der Waals surface area contributed by atoms with E-state index in [2.05, 4.69) is 51.2 Å². The Labute approximate surface area is 185 Å². The molecule has 2 aliphatic heterocycles. The van der Waals surface area contributed by atoms with Crippen LogP contribution < -0.4 is 10.2 Å². The average Bonchev–Trinajstić information content (AvgIpc) is 3.31. The van der Waals surface area contributed by atoms with Gasteiger partial charge >= 0.3 is 0 Å². The molecule has 0 bridgehead atoms. The first-order valence-corrected chi connectivity index (χ1v) is 11.7. The van der Waals surface area contributed by atoms with Crippen molar-refractivity contribution in [3.05, 3.63) is 41.8 Å². The fourth-order valence-corrected chi connectivity index (χ4v) is 4.69. The Bertz CT molecular complexity index is 830. The second kappa shape index (κ2) is 10.3. The molecule has 0 saturated carbocycles. The fraction of sp³-hybridized carbons (Fsp3) is 0.625. The zero-order chi connectivity index (χ0) is 21.6. The number of hydrogen-bond acceptors (Lipinski definition) is 6. The van der Waals surface area contributed by atoms with E-state index in [1.807, 2.05) is 18.2 Å². The Morgan fingerprint density at radius 1 is 1.16 bits per heavy atom. The van der Waals surface area contributed by atoms with E-state index in [0.717, 1.165) is 64.2 Å². The second-order valence-corrected chi connectivity index (χ2v) is 9.17. The van der Waals surface area contributed by atoms with Gasteiger partial charge in [0, 0.05) is 38.1 Å². The molecule has 7 heteroatoms. The molecule has 1 aromatic carbocycles. The van der Waals surface area contributed by atoms with E-state index in [-0.39, 0.29) is 17.7 Å². The van der Waals surface area contributed by atoms with Crippen molar-refractivity contribution in [2.75, 3.05) is 37.6 Å². The summed E-state index contributed by atoms with van der Waals surface area (Å²) in [5.74, 6) is 1.99. The van der Waals surface area contributed by atoms with Gasteiger partial charge in [-0.25, -0.2) is 0 Å². The van der Waals surface area contributed by atoms with Crippen molar-refractivity contribution in [2.24, 2.45) is 5.92 Å². The number of aromatic nitrogens is 2. The van der Waals surface area contributed by atoms with Gasteiger partial charge in [0.2, 0.25) is 11.8 Å². The number of likely N-dealkylation sites (tertiary alicyclic amines) is 1. The lowest BCUT2D eigenvalue weighted by Gasteiger charge is -2.41. The van der Waals surface area contributed by atoms with Crippen molar-refractivity contribution in [3.63, 3.8) is 0 Å². The van der Waals surface area contributed by atoms with Gasteiger partial charge in [0.25, 0.3) is 5.95 Å². The van der Waals surface area contributed by atoms with Crippen molar-refractivity contribution >= 4 is 11.9 Å². The Kier molecular flexibility index (Phi) is 7.22. The minimum atomic E-state index is 0.105. The molecule has 0 spiro atoms. The summed E-state index contributed by atoms with van der Waals surface area (Å²) < 4.78 is 5.37. The average molecular weight is 426 g/mol. The van der Waals surface area contributed by atoms with Gasteiger partial charge < -0.3 is 14.7 Å². The van der Waals surface area contributed by atoms with Crippen LogP contribution in [0.1, 0.15) is 56.9 Å². The maximum absolute atomic E-state index is 12.7. The summed E-state index contributed by atoms with van der Waals surface area (Å²) in [5.41, 5.74) is 1.27. The Morgan fingerprint density at radius 2 is 1.94 bits per heavy atom. The van der Waals surface area contributed by atoms with Crippen LogP contribution in [0.5, 0.6) is 0 Å². The largest absolute Gasteiger partial charge is 0.355 e. The van der Waals surface area contributed by atoms with E-state index in [9.17, 15) is 4.79 Å². The van der Waals surface area contributed by atoms with Crippen LogP contribution in [0.4, 0.5) is 5.95 Å². The van der Waals surface area contributed by atoms with Crippen LogP contribution in [0.2, 0.25) is 0 Å². The number of benzene rings is 1. The molecule has 2 aromatic rings. The van der Waals surface area contributed by atoms with E-state index in [4.69, 9.17) is 4.52 Å². The predicted octanol–water partition coefficient (Wildman–Crippen LogP) is 3.23. The summed E-state index contributed by atoms with van der Waals surface area (Å²) in [7, 11) is 0. The number of carbonyl (C=O) groups excluding carboxylic acids is 1. The molecular weight excluding hydrogens is 390 g/mol. The van der Waals surface area contributed by atoms with Crippen molar-refractivity contribution in [3.8, 4) is 0 Å². The lowest BCUT2D eigenvalue weighted by Crippen LogP contribution is -2.51. The van der Waals surface area contributed by atoms with Crippen LogP contribution in [0.15, 0.2) is 34.9 Å². The number of anilines is 1. The van der Waals surface area contributed by atoms with Gasteiger partial charge in [0.15, 0.2) is 0 Å². The van der Waals surface area contributed by atoms with Crippen molar-refractivity contribution in [2.45, 2.75) is 57.9 Å². The molecule has 2 saturated heterocycles. The summed E-state index contributed by atoms with van der Waals surface area (Å²) in [6.45, 7) is 8.68. The van der Waals surface area contributed by atoms with E-state index >= 15 is 0 Å². The van der Waals surface area contributed by atoms with Crippen LogP contribution >= 0.6 is 0 Å². The van der Waals surface area contributed by atoms with Crippen LogP contribution in [0.25, 0.3) is 0 Å². The maximum atomic E-state index is 12.7. The molecule has 4 rings (SSSR count). The number of hydrogen-bond donors (Lipinski definition) is 1. The monoisotopic (exact) mass is 425 g/mol. The smallest absolute Gasteiger partial charge is 0.266 e. The molecular formula is C24H35N5O2. The lowest BCUT2D eigenvalue weighted by atomic mass is 9.93. The summed E-state index contributed by atoms with van der Waals surface area (Å²) in [6.07, 6.45) is 5.13. The van der Waals surface area contributed by atoms with E-state index in [0.29, 0.717) is 18.5 Å². The minimum absolute atomic E-state index is 0.105. The lowest BCUT2D eigenvalue weighted by molar-refractivity contribution is -0.127. The number of piperidine rings is 2. The fourth-order valence-electron chi connectivity index (χ4n) is 4.69. The number of rotatable bonds is 7. The first-order chi connectivity index (χ1) is 15.1. The van der Waals surface area contributed by atoms with Gasteiger partial charge in [-0.3, -0.25) is 9.69 Å². The first kappa shape index (κ1) is 21.8. The van der Waals surface area contributed by atoms with Gasteiger partial charge in [0.1, 0.15) is 0 Å².